The minimum atomic E-state index is -0.183. The van der Waals surface area contributed by atoms with E-state index in [1.807, 2.05) is 30.3 Å². The Morgan fingerprint density at radius 3 is 2.52 bits per heavy atom. The third-order valence-corrected chi connectivity index (χ3v) is 6.13. The molecule has 29 heavy (non-hydrogen) atoms. The van der Waals surface area contributed by atoms with Crippen molar-refractivity contribution in [3.8, 4) is 0 Å². The molecule has 1 fully saturated rings. The van der Waals surface area contributed by atoms with Crippen LogP contribution < -0.4 is 10.2 Å². The first kappa shape index (κ1) is 20.1. The first-order chi connectivity index (χ1) is 14.1. The maximum absolute atomic E-state index is 12.6. The zero-order valence-corrected chi connectivity index (χ0v) is 18.1. The predicted molar refractivity (Wildman–Crippen MR) is 119 cm³/mol. The number of aryl methyl sites for hydroxylation is 1. The van der Waals surface area contributed by atoms with Gasteiger partial charge in [-0.15, -0.1) is 0 Å². The van der Waals surface area contributed by atoms with E-state index in [4.69, 9.17) is 0 Å². The van der Waals surface area contributed by atoms with Gasteiger partial charge >= 0.3 is 0 Å². The van der Waals surface area contributed by atoms with Crippen LogP contribution in [-0.2, 0) is 22.6 Å². The van der Waals surface area contributed by atoms with Crippen molar-refractivity contribution in [3.05, 3.63) is 58.1 Å². The summed E-state index contributed by atoms with van der Waals surface area (Å²) in [7, 11) is 0. The predicted octanol–water partition coefficient (Wildman–Crippen LogP) is 4.35. The molecular formula is C23H26BrN3O2. The van der Waals surface area contributed by atoms with Gasteiger partial charge in [0.1, 0.15) is 6.54 Å². The number of amides is 2. The van der Waals surface area contributed by atoms with Crippen molar-refractivity contribution in [1.29, 1.82) is 0 Å². The summed E-state index contributed by atoms with van der Waals surface area (Å²) in [6.45, 7) is 3.33. The molecule has 2 amide bonds. The Kier molecular flexibility index (Phi) is 6.31. The van der Waals surface area contributed by atoms with Gasteiger partial charge in [-0.2, -0.15) is 0 Å². The molecule has 0 unspecified atom stereocenters. The van der Waals surface area contributed by atoms with Crippen LogP contribution in [0.3, 0.4) is 0 Å². The summed E-state index contributed by atoms with van der Waals surface area (Å²) in [6.07, 6.45) is 5.04. The standard InChI is InChI=1S/C23H26BrN3O2/c24-19-7-10-21-18(14-19)6-11-23(29)27(21)16-22(28)25-20-8-4-17(5-9-20)15-26-12-2-1-3-13-26/h4-5,7-10,14H,1-3,6,11-13,15-16H2,(H,25,28). The number of carbonyl (C=O) groups excluding carboxylic acids is 2. The molecule has 0 atom stereocenters. The quantitative estimate of drug-likeness (QED) is 0.728. The maximum Gasteiger partial charge on any atom is 0.244 e. The van der Waals surface area contributed by atoms with Crippen molar-refractivity contribution < 1.29 is 9.59 Å². The van der Waals surface area contributed by atoms with Crippen LogP contribution in [0.2, 0.25) is 0 Å². The minimum absolute atomic E-state index is 0.00754. The summed E-state index contributed by atoms with van der Waals surface area (Å²) in [4.78, 5) is 29.0. The van der Waals surface area contributed by atoms with Gasteiger partial charge in [0, 0.05) is 28.8 Å². The van der Waals surface area contributed by atoms with Crippen molar-refractivity contribution in [3.63, 3.8) is 0 Å². The number of fused-ring (bicyclic) bond motifs is 1. The molecule has 0 radical (unpaired) electrons. The van der Waals surface area contributed by atoms with Gasteiger partial charge in [-0.05, 0) is 73.8 Å². The summed E-state index contributed by atoms with van der Waals surface area (Å²) in [5, 5.41) is 2.93. The number of hydrogen-bond donors (Lipinski definition) is 1. The van der Waals surface area contributed by atoms with Crippen molar-refractivity contribution in [2.75, 3.05) is 29.9 Å². The second kappa shape index (κ2) is 9.09. The smallest absolute Gasteiger partial charge is 0.244 e. The Labute approximate surface area is 180 Å². The monoisotopic (exact) mass is 455 g/mol. The molecule has 5 nitrogen and oxygen atoms in total. The lowest BCUT2D eigenvalue weighted by atomic mass is 10.0. The van der Waals surface area contributed by atoms with Gasteiger partial charge in [0.15, 0.2) is 0 Å². The van der Waals surface area contributed by atoms with Crippen LogP contribution in [0.25, 0.3) is 0 Å². The highest BCUT2D eigenvalue weighted by Crippen LogP contribution is 2.30. The Hall–Kier alpha value is -2.18. The zero-order chi connectivity index (χ0) is 20.2. The molecule has 0 aliphatic carbocycles. The number of nitrogens with one attached hydrogen (secondary N) is 1. The van der Waals surface area contributed by atoms with Crippen LogP contribution in [-0.4, -0.2) is 36.3 Å². The van der Waals surface area contributed by atoms with Gasteiger partial charge in [-0.3, -0.25) is 14.5 Å². The number of halogens is 1. The molecule has 2 aliphatic heterocycles. The average molecular weight is 456 g/mol. The molecule has 2 aromatic carbocycles. The molecular weight excluding hydrogens is 430 g/mol. The molecule has 2 aliphatic rings. The number of nitrogens with zero attached hydrogens (tertiary/aromatic N) is 2. The van der Waals surface area contributed by atoms with E-state index in [1.165, 1.54) is 37.9 Å². The van der Waals surface area contributed by atoms with Crippen molar-refractivity contribution >= 4 is 39.1 Å². The number of rotatable bonds is 5. The van der Waals surface area contributed by atoms with Gasteiger partial charge in [0.25, 0.3) is 0 Å². The SMILES string of the molecule is O=C(CN1C(=O)CCc2cc(Br)ccc21)Nc1ccc(CN2CCCCC2)cc1. The lowest BCUT2D eigenvalue weighted by molar-refractivity contribution is -0.121. The van der Waals surface area contributed by atoms with E-state index in [2.05, 4.69) is 38.3 Å². The zero-order valence-electron chi connectivity index (χ0n) is 16.5. The highest BCUT2D eigenvalue weighted by Gasteiger charge is 2.26. The second-order valence-electron chi connectivity index (χ2n) is 7.83. The summed E-state index contributed by atoms with van der Waals surface area (Å²) in [5.74, 6) is -0.190. The molecule has 1 N–H and O–H groups in total. The van der Waals surface area contributed by atoms with E-state index in [0.29, 0.717) is 12.8 Å². The number of piperidine rings is 1. The van der Waals surface area contributed by atoms with Gasteiger partial charge in [-0.1, -0.05) is 34.5 Å². The number of carbonyl (C=O) groups is 2. The largest absolute Gasteiger partial charge is 0.325 e. The number of likely N-dealkylation sites (tertiary alicyclic amines) is 1. The van der Waals surface area contributed by atoms with Crippen molar-refractivity contribution in [1.82, 2.24) is 4.90 Å². The molecule has 4 rings (SSSR count). The van der Waals surface area contributed by atoms with E-state index < -0.39 is 0 Å². The van der Waals surface area contributed by atoms with E-state index in [9.17, 15) is 9.59 Å². The summed E-state index contributed by atoms with van der Waals surface area (Å²) in [6, 6.07) is 13.9. The molecule has 0 bridgehead atoms. The van der Waals surface area contributed by atoms with Gasteiger partial charge in [0.2, 0.25) is 11.8 Å². The fraction of sp³-hybridized carbons (Fsp3) is 0.391. The number of hydrogen-bond acceptors (Lipinski definition) is 3. The average Bonchev–Trinajstić information content (AvgIpc) is 2.72. The van der Waals surface area contributed by atoms with Crippen molar-refractivity contribution in [2.24, 2.45) is 0 Å². The van der Waals surface area contributed by atoms with Gasteiger partial charge < -0.3 is 10.2 Å². The molecule has 1 saturated heterocycles. The van der Waals surface area contributed by atoms with E-state index in [0.717, 1.165) is 28.0 Å². The van der Waals surface area contributed by atoms with Crippen LogP contribution in [0.5, 0.6) is 0 Å². The van der Waals surface area contributed by atoms with Crippen LogP contribution in [0.1, 0.15) is 36.8 Å². The first-order valence-corrected chi connectivity index (χ1v) is 11.1. The van der Waals surface area contributed by atoms with Gasteiger partial charge in [-0.25, -0.2) is 0 Å². The van der Waals surface area contributed by atoms with E-state index in [1.54, 1.807) is 4.90 Å². The molecule has 152 valence electrons. The molecule has 0 saturated carbocycles. The number of benzene rings is 2. The molecule has 0 spiro atoms. The highest BCUT2D eigenvalue weighted by atomic mass is 79.9. The van der Waals surface area contributed by atoms with Crippen LogP contribution in [0.15, 0.2) is 46.9 Å². The lowest BCUT2D eigenvalue weighted by Gasteiger charge is -2.29. The van der Waals surface area contributed by atoms with Crippen LogP contribution in [0.4, 0.5) is 11.4 Å². The molecule has 2 heterocycles. The Morgan fingerprint density at radius 1 is 1.00 bits per heavy atom. The molecule has 0 aromatic heterocycles. The summed E-state index contributed by atoms with van der Waals surface area (Å²) < 4.78 is 0.986. The summed E-state index contributed by atoms with van der Waals surface area (Å²) in [5.41, 5.74) is 3.94. The summed E-state index contributed by atoms with van der Waals surface area (Å²) >= 11 is 3.47. The first-order valence-electron chi connectivity index (χ1n) is 10.3. The fourth-order valence-corrected chi connectivity index (χ4v) is 4.52. The van der Waals surface area contributed by atoms with Crippen LogP contribution in [0, 0.1) is 0 Å². The normalized spacial score (nSPS) is 17.1. The fourth-order valence-electron chi connectivity index (χ4n) is 4.12. The minimum Gasteiger partial charge on any atom is -0.325 e. The third kappa shape index (κ3) is 5.06. The Bertz CT molecular complexity index is 891. The second-order valence-corrected chi connectivity index (χ2v) is 8.75. The Balaban J connectivity index is 1.36. The lowest BCUT2D eigenvalue weighted by Crippen LogP contribution is -2.40. The van der Waals surface area contributed by atoms with E-state index in [-0.39, 0.29) is 18.4 Å². The van der Waals surface area contributed by atoms with Crippen molar-refractivity contribution in [2.45, 2.75) is 38.6 Å². The van der Waals surface area contributed by atoms with Gasteiger partial charge in [0.05, 0.1) is 0 Å². The molecule has 6 heteroatoms. The highest BCUT2D eigenvalue weighted by molar-refractivity contribution is 9.10. The van der Waals surface area contributed by atoms with E-state index >= 15 is 0 Å². The molecule has 2 aromatic rings. The maximum atomic E-state index is 12.6. The topological polar surface area (TPSA) is 52.7 Å². The third-order valence-electron chi connectivity index (χ3n) is 5.64. The number of anilines is 2. The van der Waals surface area contributed by atoms with Crippen LogP contribution >= 0.6 is 15.9 Å². The Morgan fingerprint density at radius 2 is 1.76 bits per heavy atom.